The van der Waals surface area contributed by atoms with Crippen LogP contribution in [0.15, 0.2) is 0 Å². The van der Waals surface area contributed by atoms with E-state index >= 15 is 0 Å². The minimum Gasteiger partial charge on any atom is -0.377 e. The Bertz CT molecular complexity index is 231. The topological polar surface area (TPSA) is 41.6 Å². The molecular formula is C13H26N2O2. The highest BCUT2D eigenvalue weighted by Gasteiger charge is 2.27. The molecule has 1 aliphatic rings. The van der Waals surface area contributed by atoms with E-state index in [0.717, 1.165) is 25.9 Å². The van der Waals surface area contributed by atoms with Gasteiger partial charge in [-0.3, -0.25) is 4.79 Å². The van der Waals surface area contributed by atoms with Crippen molar-refractivity contribution < 1.29 is 9.53 Å². The van der Waals surface area contributed by atoms with Crippen LogP contribution < -0.4 is 5.32 Å². The summed E-state index contributed by atoms with van der Waals surface area (Å²) in [5, 5.41) is 3.07. The van der Waals surface area contributed by atoms with Gasteiger partial charge in [-0.05, 0) is 32.4 Å². The summed E-state index contributed by atoms with van der Waals surface area (Å²) in [6.45, 7) is 7.44. The van der Waals surface area contributed by atoms with Gasteiger partial charge in [-0.1, -0.05) is 13.8 Å². The Morgan fingerprint density at radius 1 is 1.53 bits per heavy atom. The van der Waals surface area contributed by atoms with E-state index in [9.17, 15) is 4.79 Å². The molecule has 17 heavy (non-hydrogen) atoms. The fourth-order valence-electron chi connectivity index (χ4n) is 2.28. The summed E-state index contributed by atoms with van der Waals surface area (Å²) >= 11 is 0. The summed E-state index contributed by atoms with van der Waals surface area (Å²) in [4.78, 5) is 14.1. The van der Waals surface area contributed by atoms with Crippen LogP contribution in [0.1, 0.15) is 33.1 Å². The average Bonchev–Trinajstić information content (AvgIpc) is 2.29. The number of carbonyl (C=O) groups excluding carboxylic acids is 1. The lowest BCUT2D eigenvalue weighted by molar-refractivity contribution is -0.140. The van der Waals surface area contributed by atoms with Crippen LogP contribution in [0.3, 0.4) is 0 Å². The number of carbonyl (C=O) groups is 1. The van der Waals surface area contributed by atoms with Crippen molar-refractivity contribution >= 4 is 5.91 Å². The van der Waals surface area contributed by atoms with Crippen molar-refractivity contribution in [2.75, 3.05) is 33.4 Å². The van der Waals surface area contributed by atoms with Gasteiger partial charge >= 0.3 is 0 Å². The SMILES string of the molecule is CNCCCC(=O)N1CCOCC1CC(C)C. The predicted octanol–water partition coefficient (Wildman–Crippen LogP) is 1.26. The summed E-state index contributed by atoms with van der Waals surface area (Å²) in [6, 6.07) is 0.283. The van der Waals surface area contributed by atoms with Gasteiger partial charge in [-0.25, -0.2) is 0 Å². The Kier molecular flexibility index (Phi) is 6.52. The van der Waals surface area contributed by atoms with Crippen LogP contribution in [0.5, 0.6) is 0 Å². The van der Waals surface area contributed by atoms with Crippen LogP contribution >= 0.6 is 0 Å². The molecule has 1 aliphatic heterocycles. The molecule has 0 aromatic heterocycles. The first-order valence-corrected chi connectivity index (χ1v) is 6.67. The molecule has 0 radical (unpaired) electrons. The normalized spacial score (nSPS) is 20.9. The van der Waals surface area contributed by atoms with Crippen LogP contribution in [0.25, 0.3) is 0 Å². The lowest BCUT2D eigenvalue weighted by Gasteiger charge is -2.36. The fraction of sp³-hybridized carbons (Fsp3) is 0.923. The van der Waals surface area contributed by atoms with Crippen LogP contribution in [0.4, 0.5) is 0 Å². The zero-order chi connectivity index (χ0) is 12.7. The standard InChI is InChI=1S/C13H26N2O2/c1-11(2)9-12-10-17-8-7-15(12)13(16)5-4-6-14-3/h11-12,14H,4-10H2,1-3H3. The van der Waals surface area contributed by atoms with E-state index in [1.807, 2.05) is 11.9 Å². The molecule has 0 aliphatic carbocycles. The van der Waals surface area contributed by atoms with E-state index in [1.165, 1.54) is 0 Å². The highest BCUT2D eigenvalue weighted by atomic mass is 16.5. The minimum atomic E-state index is 0.283. The Balaban J connectivity index is 2.43. The van der Waals surface area contributed by atoms with Gasteiger partial charge in [0.15, 0.2) is 0 Å². The van der Waals surface area contributed by atoms with E-state index in [2.05, 4.69) is 19.2 Å². The van der Waals surface area contributed by atoms with Crippen LogP contribution in [0.2, 0.25) is 0 Å². The maximum Gasteiger partial charge on any atom is 0.223 e. The maximum absolute atomic E-state index is 12.1. The van der Waals surface area contributed by atoms with Gasteiger partial charge in [0.25, 0.3) is 0 Å². The van der Waals surface area contributed by atoms with Gasteiger partial charge in [0, 0.05) is 13.0 Å². The average molecular weight is 242 g/mol. The van der Waals surface area contributed by atoms with Gasteiger partial charge in [-0.15, -0.1) is 0 Å². The molecule has 100 valence electrons. The molecule has 1 atom stereocenters. The number of amides is 1. The maximum atomic E-state index is 12.1. The third-order valence-electron chi connectivity index (χ3n) is 3.11. The molecule has 0 spiro atoms. The zero-order valence-corrected chi connectivity index (χ0v) is 11.4. The number of hydrogen-bond donors (Lipinski definition) is 1. The van der Waals surface area contributed by atoms with Gasteiger partial charge < -0.3 is 15.0 Å². The molecule has 4 heteroatoms. The van der Waals surface area contributed by atoms with Crippen molar-refractivity contribution in [2.45, 2.75) is 39.2 Å². The summed E-state index contributed by atoms with van der Waals surface area (Å²) < 4.78 is 5.48. The van der Waals surface area contributed by atoms with Crippen molar-refractivity contribution in [2.24, 2.45) is 5.92 Å². The van der Waals surface area contributed by atoms with Gasteiger partial charge in [0.1, 0.15) is 0 Å². The fourth-order valence-corrected chi connectivity index (χ4v) is 2.28. The highest BCUT2D eigenvalue weighted by molar-refractivity contribution is 5.76. The molecule has 4 nitrogen and oxygen atoms in total. The zero-order valence-electron chi connectivity index (χ0n) is 11.4. The second-order valence-corrected chi connectivity index (χ2v) is 5.15. The molecule has 1 rings (SSSR count). The summed E-state index contributed by atoms with van der Waals surface area (Å²) in [6.07, 6.45) is 2.61. The number of nitrogens with zero attached hydrogens (tertiary/aromatic N) is 1. The smallest absolute Gasteiger partial charge is 0.223 e. The number of rotatable bonds is 6. The van der Waals surface area contributed by atoms with E-state index in [-0.39, 0.29) is 11.9 Å². The summed E-state index contributed by atoms with van der Waals surface area (Å²) in [5.41, 5.74) is 0. The Hall–Kier alpha value is -0.610. The van der Waals surface area contributed by atoms with E-state index < -0.39 is 0 Å². The van der Waals surface area contributed by atoms with E-state index in [1.54, 1.807) is 0 Å². The Morgan fingerprint density at radius 3 is 2.94 bits per heavy atom. The predicted molar refractivity (Wildman–Crippen MR) is 68.9 cm³/mol. The molecular weight excluding hydrogens is 216 g/mol. The van der Waals surface area contributed by atoms with Crippen molar-refractivity contribution in [3.63, 3.8) is 0 Å². The highest BCUT2D eigenvalue weighted by Crippen LogP contribution is 2.16. The monoisotopic (exact) mass is 242 g/mol. The second-order valence-electron chi connectivity index (χ2n) is 5.15. The first-order chi connectivity index (χ1) is 8.15. The van der Waals surface area contributed by atoms with Gasteiger partial charge in [0.05, 0.1) is 19.3 Å². The number of ether oxygens (including phenoxy) is 1. The van der Waals surface area contributed by atoms with E-state index in [4.69, 9.17) is 4.74 Å². The first-order valence-electron chi connectivity index (χ1n) is 6.67. The molecule has 1 heterocycles. The first kappa shape index (κ1) is 14.5. The Morgan fingerprint density at radius 2 is 2.29 bits per heavy atom. The molecule has 1 unspecified atom stereocenters. The second kappa shape index (κ2) is 7.67. The van der Waals surface area contributed by atoms with Gasteiger partial charge in [-0.2, -0.15) is 0 Å². The number of hydrogen-bond acceptors (Lipinski definition) is 3. The van der Waals surface area contributed by atoms with Crippen LogP contribution in [-0.2, 0) is 9.53 Å². The molecule has 1 saturated heterocycles. The quantitative estimate of drug-likeness (QED) is 0.713. The van der Waals surface area contributed by atoms with Crippen molar-refractivity contribution in [1.82, 2.24) is 10.2 Å². The third-order valence-corrected chi connectivity index (χ3v) is 3.11. The minimum absolute atomic E-state index is 0.283. The number of morpholine rings is 1. The summed E-state index contributed by atoms with van der Waals surface area (Å²) in [7, 11) is 1.92. The molecule has 0 aromatic rings. The van der Waals surface area contributed by atoms with Crippen LogP contribution in [0, 0.1) is 5.92 Å². The molecule has 0 bridgehead atoms. The van der Waals surface area contributed by atoms with Crippen molar-refractivity contribution in [3.8, 4) is 0 Å². The lowest BCUT2D eigenvalue weighted by Crippen LogP contribution is -2.49. The third kappa shape index (κ3) is 5.04. The van der Waals surface area contributed by atoms with Crippen molar-refractivity contribution in [3.05, 3.63) is 0 Å². The molecule has 0 aromatic carbocycles. The molecule has 1 N–H and O–H groups in total. The van der Waals surface area contributed by atoms with E-state index in [0.29, 0.717) is 25.6 Å². The molecule has 0 saturated carbocycles. The molecule has 1 fully saturated rings. The lowest BCUT2D eigenvalue weighted by atomic mass is 10.0. The Labute approximate surface area is 105 Å². The number of nitrogens with one attached hydrogen (secondary N) is 1. The van der Waals surface area contributed by atoms with Gasteiger partial charge in [0.2, 0.25) is 5.91 Å². The molecule has 1 amide bonds. The largest absolute Gasteiger partial charge is 0.377 e. The summed E-state index contributed by atoms with van der Waals surface area (Å²) in [5.74, 6) is 0.892. The van der Waals surface area contributed by atoms with Crippen molar-refractivity contribution in [1.29, 1.82) is 0 Å². The van der Waals surface area contributed by atoms with Crippen LogP contribution in [-0.4, -0.2) is 50.2 Å².